The summed E-state index contributed by atoms with van der Waals surface area (Å²) in [6.45, 7) is 7.26. The van der Waals surface area contributed by atoms with Crippen molar-refractivity contribution in [2.24, 2.45) is 5.92 Å². The Morgan fingerprint density at radius 3 is 2.52 bits per heavy atom. The highest BCUT2D eigenvalue weighted by molar-refractivity contribution is 5.62. The van der Waals surface area contributed by atoms with Crippen LogP contribution in [-0.2, 0) is 10.2 Å². The van der Waals surface area contributed by atoms with Crippen LogP contribution in [0.15, 0.2) is 30.3 Å². The SMILES string of the molecule is CC(=O)O.CCN1CCCC2(c3ccccc3)CCCCC2C1. The Morgan fingerprint density at radius 1 is 1.22 bits per heavy atom. The summed E-state index contributed by atoms with van der Waals surface area (Å²) in [6, 6.07) is 11.4. The Labute approximate surface area is 140 Å². The largest absolute Gasteiger partial charge is 0.481 e. The molecule has 1 saturated heterocycles. The molecule has 23 heavy (non-hydrogen) atoms. The molecular formula is C20H31NO2. The van der Waals surface area contributed by atoms with Gasteiger partial charge >= 0.3 is 0 Å². The van der Waals surface area contributed by atoms with E-state index in [1.807, 2.05) is 0 Å². The summed E-state index contributed by atoms with van der Waals surface area (Å²) < 4.78 is 0. The van der Waals surface area contributed by atoms with E-state index in [0.29, 0.717) is 5.41 Å². The molecule has 3 heteroatoms. The van der Waals surface area contributed by atoms with Crippen molar-refractivity contribution < 1.29 is 9.90 Å². The van der Waals surface area contributed by atoms with Crippen LogP contribution in [0.5, 0.6) is 0 Å². The predicted octanol–water partition coefficient (Wildman–Crippen LogP) is 4.32. The van der Waals surface area contributed by atoms with Crippen LogP contribution < -0.4 is 0 Å². The lowest BCUT2D eigenvalue weighted by Gasteiger charge is -2.44. The number of hydrogen-bond acceptors (Lipinski definition) is 2. The lowest BCUT2D eigenvalue weighted by molar-refractivity contribution is -0.134. The molecule has 2 aliphatic rings. The molecule has 1 aliphatic heterocycles. The van der Waals surface area contributed by atoms with Crippen LogP contribution in [0.1, 0.15) is 57.9 Å². The number of aliphatic carboxylic acids is 1. The first-order valence-electron chi connectivity index (χ1n) is 9.06. The fraction of sp³-hybridized carbons (Fsp3) is 0.650. The summed E-state index contributed by atoms with van der Waals surface area (Å²) >= 11 is 0. The Hall–Kier alpha value is -1.35. The number of carbonyl (C=O) groups is 1. The van der Waals surface area contributed by atoms with Crippen LogP contribution in [0.3, 0.4) is 0 Å². The first-order chi connectivity index (χ1) is 11.1. The molecule has 1 aliphatic carbocycles. The van der Waals surface area contributed by atoms with Crippen LogP contribution in [-0.4, -0.2) is 35.6 Å². The Balaban J connectivity index is 0.000000433. The maximum atomic E-state index is 9.00. The number of carboxylic acids is 1. The Morgan fingerprint density at radius 2 is 1.87 bits per heavy atom. The highest BCUT2D eigenvalue weighted by Crippen LogP contribution is 2.48. The van der Waals surface area contributed by atoms with Crippen molar-refractivity contribution in [3.63, 3.8) is 0 Å². The van der Waals surface area contributed by atoms with Gasteiger partial charge in [0, 0.05) is 13.5 Å². The van der Waals surface area contributed by atoms with Crippen LogP contribution >= 0.6 is 0 Å². The molecule has 2 unspecified atom stereocenters. The van der Waals surface area contributed by atoms with Gasteiger partial charge in [-0.05, 0) is 55.7 Å². The molecule has 0 radical (unpaired) electrons. The number of fused-ring (bicyclic) bond motifs is 1. The van der Waals surface area contributed by atoms with E-state index in [1.54, 1.807) is 5.56 Å². The topological polar surface area (TPSA) is 40.5 Å². The molecule has 1 heterocycles. The van der Waals surface area contributed by atoms with Gasteiger partial charge in [0.05, 0.1) is 0 Å². The van der Waals surface area contributed by atoms with Crippen molar-refractivity contribution in [3.05, 3.63) is 35.9 Å². The van der Waals surface area contributed by atoms with Gasteiger partial charge in [0.1, 0.15) is 0 Å². The fourth-order valence-electron chi connectivity index (χ4n) is 4.51. The molecule has 1 aromatic carbocycles. The van der Waals surface area contributed by atoms with Crippen LogP contribution in [0.4, 0.5) is 0 Å². The van der Waals surface area contributed by atoms with E-state index in [9.17, 15) is 0 Å². The van der Waals surface area contributed by atoms with Gasteiger partial charge in [-0.2, -0.15) is 0 Å². The van der Waals surface area contributed by atoms with Crippen molar-refractivity contribution in [2.45, 2.75) is 57.8 Å². The van der Waals surface area contributed by atoms with Gasteiger partial charge in [0.2, 0.25) is 0 Å². The number of rotatable bonds is 2. The van der Waals surface area contributed by atoms with Gasteiger partial charge in [0.25, 0.3) is 5.97 Å². The third-order valence-corrected chi connectivity index (χ3v) is 5.58. The van der Waals surface area contributed by atoms with Crippen molar-refractivity contribution in [1.29, 1.82) is 0 Å². The van der Waals surface area contributed by atoms with Crippen LogP contribution in [0.25, 0.3) is 0 Å². The lowest BCUT2D eigenvalue weighted by Crippen LogP contribution is -2.41. The van der Waals surface area contributed by atoms with Crippen LogP contribution in [0, 0.1) is 5.92 Å². The molecule has 0 spiro atoms. The van der Waals surface area contributed by atoms with E-state index in [1.165, 1.54) is 58.2 Å². The summed E-state index contributed by atoms with van der Waals surface area (Å²) in [5.41, 5.74) is 2.11. The van der Waals surface area contributed by atoms with Gasteiger partial charge in [0.15, 0.2) is 0 Å². The predicted molar refractivity (Wildman–Crippen MR) is 94.7 cm³/mol. The lowest BCUT2D eigenvalue weighted by atomic mass is 9.61. The average Bonchev–Trinajstić information content (AvgIpc) is 2.75. The summed E-state index contributed by atoms with van der Waals surface area (Å²) in [5, 5.41) is 7.42. The number of carboxylic acid groups (broad SMARTS) is 1. The smallest absolute Gasteiger partial charge is 0.300 e. The van der Waals surface area contributed by atoms with E-state index < -0.39 is 5.97 Å². The van der Waals surface area contributed by atoms with Gasteiger partial charge in [-0.25, -0.2) is 0 Å². The molecule has 0 bridgehead atoms. The maximum Gasteiger partial charge on any atom is 0.300 e. The number of benzene rings is 1. The highest BCUT2D eigenvalue weighted by Gasteiger charge is 2.43. The molecule has 1 saturated carbocycles. The van der Waals surface area contributed by atoms with E-state index in [2.05, 4.69) is 42.2 Å². The molecule has 1 aromatic rings. The Bertz CT molecular complexity index is 484. The van der Waals surface area contributed by atoms with E-state index >= 15 is 0 Å². The van der Waals surface area contributed by atoms with Gasteiger partial charge in [-0.3, -0.25) is 4.79 Å². The monoisotopic (exact) mass is 317 g/mol. The second-order valence-electron chi connectivity index (χ2n) is 6.98. The minimum atomic E-state index is -0.833. The van der Waals surface area contributed by atoms with E-state index in [-0.39, 0.29) is 0 Å². The van der Waals surface area contributed by atoms with Gasteiger partial charge in [-0.1, -0.05) is 50.1 Å². The first-order valence-corrected chi connectivity index (χ1v) is 9.06. The standard InChI is InChI=1S/C18H27N.C2H4O2/c1-2-19-14-8-13-18(16-9-4-3-5-10-16)12-7-6-11-17(18)15-19;1-2(3)4/h3-5,9-10,17H,2,6-8,11-15H2,1H3;1H3,(H,3,4). The zero-order valence-corrected chi connectivity index (χ0v) is 14.6. The van der Waals surface area contributed by atoms with Crippen molar-refractivity contribution in [1.82, 2.24) is 4.90 Å². The summed E-state index contributed by atoms with van der Waals surface area (Å²) in [7, 11) is 0. The molecule has 1 N–H and O–H groups in total. The zero-order chi connectivity index (χ0) is 16.7. The normalized spacial score (nSPS) is 28.0. The average molecular weight is 317 g/mol. The first kappa shape index (κ1) is 18.0. The third-order valence-electron chi connectivity index (χ3n) is 5.58. The minimum absolute atomic E-state index is 0.490. The second kappa shape index (κ2) is 8.49. The molecule has 2 atom stereocenters. The fourth-order valence-corrected chi connectivity index (χ4v) is 4.51. The molecule has 3 nitrogen and oxygen atoms in total. The second-order valence-corrected chi connectivity index (χ2v) is 6.98. The minimum Gasteiger partial charge on any atom is -0.481 e. The zero-order valence-electron chi connectivity index (χ0n) is 14.6. The molecule has 2 fully saturated rings. The Kier molecular flexibility index (Phi) is 6.64. The quantitative estimate of drug-likeness (QED) is 0.883. The molecule has 0 aromatic heterocycles. The maximum absolute atomic E-state index is 9.00. The van der Waals surface area contributed by atoms with Crippen molar-refractivity contribution in [2.75, 3.05) is 19.6 Å². The van der Waals surface area contributed by atoms with Crippen molar-refractivity contribution >= 4 is 5.97 Å². The van der Waals surface area contributed by atoms with Gasteiger partial charge in [-0.15, -0.1) is 0 Å². The van der Waals surface area contributed by atoms with E-state index in [0.717, 1.165) is 12.8 Å². The van der Waals surface area contributed by atoms with Crippen molar-refractivity contribution in [3.8, 4) is 0 Å². The highest BCUT2D eigenvalue weighted by atomic mass is 16.4. The third kappa shape index (κ3) is 4.57. The number of likely N-dealkylation sites (tertiary alicyclic amines) is 1. The molecular weight excluding hydrogens is 286 g/mol. The summed E-state index contributed by atoms with van der Waals surface area (Å²) in [5.74, 6) is 0.0473. The van der Waals surface area contributed by atoms with Crippen LogP contribution in [0.2, 0.25) is 0 Å². The molecule has 0 amide bonds. The summed E-state index contributed by atoms with van der Waals surface area (Å²) in [6.07, 6.45) is 8.50. The number of hydrogen-bond donors (Lipinski definition) is 1. The molecule has 128 valence electrons. The van der Waals surface area contributed by atoms with Gasteiger partial charge < -0.3 is 10.0 Å². The number of nitrogens with zero attached hydrogens (tertiary/aromatic N) is 1. The van der Waals surface area contributed by atoms with E-state index in [4.69, 9.17) is 9.90 Å². The summed E-state index contributed by atoms with van der Waals surface area (Å²) in [4.78, 5) is 11.7. The molecule has 3 rings (SSSR count).